The van der Waals surface area contributed by atoms with Crippen LogP contribution in [0.15, 0.2) is 24.3 Å². The van der Waals surface area contributed by atoms with Gasteiger partial charge in [0.2, 0.25) is 11.8 Å². The quantitative estimate of drug-likeness (QED) is 0.803. The zero-order valence-electron chi connectivity index (χ0n) is 12.5. The fourth-order valence-electron chi connectivity index (χ4n) is 1.74. The molecule has 116 valence electrons. The summed E-state index contributed by atoms with van der Waals surface area (Å²) in [7, 11) is 0. The number of carbonyl (C=O) groups excluding carboxylic acids is 2. The molecule has 0 aliphatic heterocycles. The Bertz CT molecular complexity index is 494. The van der Waals surface area contributed by atoms with Crippen LogP contribution >= 0.6 is 0 Å². The summed E-state index contributed by atoms with van der Waals surface area (Å²) in [5.74, 6) is -0.496. The van der Waals surface area contributed by atoms with E-state index >= 15 is 0 Å². The van der Waals surface area contributed by atoms with E-state index in [9.17, 15) is 14.0 Å². The molecule has 1 aromatic carbocycles. The maximum absolute atomic E-state index is 13.1. The van der Waals surface area contributed by atoms with Crippen LogP contribution in [0.4, 0.5) is 4.39 Å². The second kappa shape index (κ2) is 8.24. The van der Waals surface area contributed by atoms with E-state index in [1.165, 1.54) is 19.1 Å². The summed E-state index contributed by atoms with van der Waals surface area (Å²) in [6, 6.07) is 5.26. The summed E-state index contributed by atoms with van der Waals surface area (Å²) in [5.41, 5.74) is 0. The van der Waals surface area contributed by atoms with Crippen LogP contribution in [-0.2, 0) is 9.59 Å². The predicted octanol–water partition coefficient (Wildman–Crippen LogP) is 1.62. The highest BCUT2D eigenvalue weighted by molar-refractivity contribution is 5.86. The number of halogens is 1. The van der Waals surface area contributed by atoms with Crippen molar-refractivity contribution >= 4 is 11.8 Å². The Morgan fingerprint density at radius 3 is 2.67 bits per heavy atom. The maximum Gasteiger partial charge on any atom is 0.242 e. The van der Waals surface area contributed by atoms with Gasteiger partial charge in [-0.2, -0.15) is 0 Å². The van der Waals surface area contributed by atoms with E-state index < -0.39 is 6.04 Å². The molecule has 2 atom stereocenters. The second-order valence-electron chi connectivity index (χ2n) is 4.77. The van der Waals surface area contributed by atoms with E-state index in [4.69, 9.17) is 4.74 Å². The molecule has 0 heterocycles. The summed E-state index contributed by atoms with van der Waals surface area (Å²) in [5, 5.41) is 5.20. The van der Waals surface area contributed by atoms with Crippen molar-refractivity contribution in [2.75, 3.05) is 6.54 Å². The monoisotopic (exact) mass is 296 g/mol. The molecule has 21 heavy (non-hydrogen) atoms. The molecule has 0 radical (unpaired) electrons. The van der Waals surface area contributed by atoms with Crippen molar-refractivity contribution in [3.63, 3.8) is 0 Å². The van der Waals surface area contributed by atoms with E-state index in [2.05, 4.69) is 10.6 Å². The number of amides is 2. The number of hydrogen-bond acceptors (Lipinski definition) is 3. The van der Waals surface area contributed by atoms with Crippen molar-refractivity contribution in [2.45, 2.75) is 39.3 Å². The molecule has 0 bridgehead atoms. The molecule has 2 N–H and O–H groups in total. The fraction of sp³-hybridized carbons (Fsp3) is 0.467. The lowest BCUT2D eigenvalue weighted by Gasteiger charge is -2.20. The van der Waals surface area contributed by atoms with Crippen LogP contribution in [0.1, 0.15) is 27.2 Å². The van der Waals surface area contributed by atoms with Gasteiger partial charge in [0.15, 0.2) is 0 Å². The van der Waals surface area contributed by atoms with Crippen LogP contribution < -0.4 is 15.4 Å². The van der Waals surface area contributed by atoms with E-state index in [1.807, 2.05) is 6.92 Å². The van der Waals surface area contributed by atoms with Crippen LogP contribution in [0.25, 0.3) is 0 Å². The summed E-state index contributed by atoms with van der Waals surface area (Å²) in [6.07, 6.45) is 0.394. The Labute approximate surface area is 123 Å². The molecule has 2 amide bonds. The third kappa shape index (κ3) is 6.25. The summed E-state index contributed by atoms with van der Waals surface area (Å²) >= 11 is 0. The minimum Gasteiger partial charge on any atom is -0.489 e. The van der Waals surface area contributed by atoms with Gasteiger partial charge in [0, 0.05) is 13.0 Å². The van der Waals surface area contributed by atoms with Gasteiger partial charge in [-0.3, -0.25) is 9.59 Å². The van der Waals surface area contributed by atoms with Gasteiger partial charge < -0.3 is 15.4 Å². The molecule has 5 nitrogen and oxygen atoms in total. The lowest BCUT2D eigenvalue weighted by atomic mass is 10.2. The van der Waals surface area contributed by atoms with Crippen molar-refractivity contribution in [2.24, 2.45) is 0 Å². The van der Waals surface area contributed by atoms with Crippen molar-refractivity contribution in [1.29, 1.82) is 0 Å². The highest BCUT2D eigenvalue weighted by Gasteiger charge is 2.16. The zero-order valence-corrected chi connectivity index (χ0v) is 12.5. The second-order valence-corrected chi connectivity index (χ2v) is 4.77. The highest BCUT2D eigenvalue weighted by atomic mass is 19.1. The average Bonchev–Trinajstić information content (AvgIpc) is 2.42. The number of carbonyl (C=O) groups is 2. The smallest absolute Gasteiger partial charge is 0.242 e. The first-order valence-corrected chi connectivity index (χ1v) is 6.89. The van der Waals surface area contributed by atoms with Gasteiger partial charge >= 0.3 is 0 Å². The Kier molecular flexibility index (Phi) is 6.65. The molecule has 6 heteroatoms. The Morgan fingerprint density at radius 2 is 2.10 bits per heavy atom. The lowest BCUT2D eigenvalue weighted by Crippen LogP contribution is -2.46. The molecule has 0 unspecified atom stereocenters. The Hall–Kier alpha value is -2.11. The molecule has 0 aliphatic rings. The topological polar surface area (TPSA) is 67.4 Å². The molecule has 1 rings (SSSR count). The van der Waals surface area contributed by atoms with E-state index in [-0.39, 0.29) is 30.3 Å². The Morgan fingerprint density at radius 1 is 1.38 bits per heavy atom. The lowest BCUT2D eigenvalue weighted by molar-refractivity contribution is -0.127. The van der Waals surface area contributed by atoms with Gasteiger partial charge in [0.1, 0.15) is 23.7 Å². The van der Waals surface area contributed by atoms with Crippen molar-refractivity contribution < 1.29 is 18.7 Å². The summed E-state index contributed by atoms with van der Waals surface area (Å²) < 4.78 is 18.7. The average molecular weight is 296 g/mol. The van der Waals surface area contributed by atoms with Gasteiger partial charge in [-0.05, 0) is 25.5 Å². The summed E-state index contributed by atoms with van der Waals surface area (Å²) in [6.45, 7) is 5.15. The van der Waals surface area contributed by atoms with Gasteiger partial charge in [-0.15, -0.1) is 0 Å². The SMILES string of the molecule is CC[C@@H](CNC(=O)[C@@H](C)NC(C)=O)Oc1cccc(F)c1. The van der Waals surface area contributed by atoms with Crippen molar-refractivity contribution in [3.8, 4) is 5.75 Å². The molecular formula is C15H21FN2O3. The molecule has 1 aromatic rings. The number of rotatable bonds is 7. The van der Waals surface area contributed by atoms with Gasteiger partial charge in [-0.25, -0.2) is 4.39 Å². The van der Waals surface area contributed by atoms with Gasteiger partial charge in [0.05, 0.1) is 6.54 Å². The first kappa shape index (κ1) is 16.9. The molecular weight excluding hydrogens is 275 g/mol. The molecule has 0 spiro atoms. The zero-order chi connectivity index (χ0) is 15.8. The standard InChI is InChI=1S/C15H21FN2O3/c1-4-13(21-14-7-5-6-12(16)8-14)9-17-15(20)10(2)18-11(3)19/h5-8,10,13H,4,9H2,1-3H3,(H,17,20)(H,18,19)/t10-,13+/m1/s1. The van der Waals surface area contributed by atoms with Crippen molar-refractivity contribution in [3.05, 3.63) is 30.1 Å². The van der Waals surface area contributed by atoms with Crippen LogP contribution in [0.2, 0.25) is 0 Å². The normalized spacial score (nSPS) is 13.1. The minimum absolute atomic E-state index is 0.263. The Balaban J connectivity index is 2.47. The largest absolute Gasteiger partial charge is 0.489 e. The van der Waals surface area contributed by atoms with Crippen LogP contribution in [-0.4, -0.2) is 30.5 Å². The first-order valence-electron chi connectivity index (χ1n) is 6.89. The fourth-order valence-corrected chi connectivity index (χ4v) is 1.74. The van der Waals surface area contributed by atoms with Crippen LogP contribution in [0.3, 0.4) is 0 Å². The molecule has 0 aromatic heterocycles. The third-order valence-electron chi connectivity index (χ3n) is 2.87. The van der Waals surface area contributed by atoms with E-state index in [1.54, 1.807) is 19.1 Å². The molecule has 0 saturated carbocycles. The third-order valence-corrected chi connectivity index (χ3v) is 2.87. The number of nitrogens with one attached hydrogen (secondary N) is 2. The van der Waals surface area contributed by atoms with Crippen molar-refractivity contribution in [1.82, 2.24) is 10.6 Å². The molecule has 0 aliphatic carbocycles. The minimum atomic E-state index is -0.603. The van der Waals surface area contributed by atoms with Gasteiger partial charge in [-0.1, -0.05) is 13.0 Å². The van der Waals surface area contributed by atoms with Crippen LogP contribution in [0.5, 0.6) is 5.75 Å². The number of hydrogen-bond donors (Lipinski definition) is 2. The van der Waals surface area contributed by atoms with Crippen LogP contribution in [0, 0.1) is 5.82 Å². The molecule has 0 fully saturated rings. The highest BCUT2D eigenvalue weighted by Crippen LogP contribution is 2.14. The van der Waals surface area contributed by atoms with E-state index in [0.717, 1.165) is 0 Å². The number of ether oxygens (including phenoxy) is 1. The van der Waals surface area contributed by atoms with E-state index in [0.29, 0.717) is 12.2 Å². The summed E-state index contributed by atoms with van der Waals surface area (Å²) in [4.78, 5) is 22.6. The predicted molar refractivity (Wildman–Crippen MR) is 77.4 cm³/mol. The first-order chi connectivity index (χ1) is 9.92. The van der Waals surface area contributed by atoms with Gasteiger partial charge in [0.25, 0.3) is 0 Å². The number of benzene rings is 1. The maximum atomic E-state index is 13.1. The molecule has 0 saturated heterocycles.